The number of nitrogens with zero attached hydrogens (tertiary/aromatic N) is 1. The maximum absolute atomic E-state index is 13.9. The van der Waals surface area contributed by atoms with E-state index in [9.17, 15) is 19.1 Å². The van der Waals surface area contributed by atoms with Gasteiger partial charge in [0.1, 0.15) is 5.82 Å². The molecule has 6 heteroatoms. The van der Waals surface area contributed by atoms with E-state index in [2.05, 4.69) is 15.9 Å². The molecule has 1 rings (SSSR count). The normalized spacial score (nSPS) is 12.0. The molecule has 1 unspecified atom stereocenters. The Morgan fingerprint density at radius 2 is 2.11 bits per heavy atom. The summed E-state index contributed by atoms with van der Waals surface area (Å²) in [5.41, 5.74) is -0.0145. The SMILES string of the molecule is CCCN(C(C)=O)C(C(=O)O)c1ccc(Br)cc1F. The molecule has 0 fully saturated rings. The number of carboxylic acid groups (broad SMARTS) is 1. The number of carboxylic acids is 1. The van der Waals surface area contributed by atoms with E-state index in [1.807, 2.05) is 6.92 Å². The molecule has 1 amide bonds. The minimum absolute atomic E-state index is 0.0145. The molecule has 0 aromatic heterocycles. The maximum Gasteiger partial charge on any atom is 0.331 e. The lowest BCUT2D eigenvalue weighted by atomic mass is 10.0. The van der Waals surface area contributed by atoms with Crippen molar-refractivity contribution in [1.82, 2.24) is 4.90 Å². The van der Waals surface area contributed by atoms with Crippen LogP contribution >= 0.6 is 15.9 Å². The molecule has 4 nitrogen and oxygen atoms in total. The zero-order chi connectivity index (χ0) is 14.6. The summed E-state index contributed by atoms with van der Waals surface area (Å²) in [5.74, 6) is -2.29. The maximum atomic E-state index is 13.9. The molecule has 1 aromatic carbocycles. The molecule has 0 spiro atoms. The lowest BCUT2D eigenvalue weighted by Gasteiger charge is -2.28. The van der Waals surface area contributed by atoms with Gasteiger partial charge in [0, 0.05) is 23.5 Å². The summed E-state index contributed by atoms with van der Waals surface area (Å²) in [5, 5.41) is 9.29. The Bertz CT molecular complexity index is 493. The van der Waals surface area contributed by atoms with Crippen LogP contribution in [0.25, 0.3) is 0 Å². The summed E-state index contributed by atoms with van der Waals surface area (Å²) in [7, 11) is 0. The third-order valence-electron chi connectivity index (χ3n) is 2.67. The second kappa shape index (κ2) is 6.65. The third kappa shape index (κ3) is 3.76. The zero-order valence-corrected chi connectivity index (χ0v) is 12.3. The Labute approximate surface area is 119 Å². The van der Waals surface area contributed by atoms with Crippen molar-refractivity contribution in [2.45, 2.75) is 26.3 Å². The lowest BCUT2D eigenvalue weighted by molar-refractivity contribution is -0.150. The molecule has 0 bridgehead atoms. The summed E-state index contributed by atoms with van der Waals surface area (Å²) in [6.45, 7) is 3.37. The van der Waals surface area contributed by atoms with Crippen LogP contribution in [-0.4, -0.2) is 28.4 Å². The van der Waals surface area contributed by atoms with E-state index in [1.165, 1.54) is 19.1 Å². The van der Waals surface area contributed by atoms with Gasteiger partial charge in [-0.2, -0.15) is 0 Å². The number of hydrogen-bond donors (Lipinski definition) is 1. The van der Waals surface area contributed by atoms with Crippen molar-refractivity contribution in [3.05, 3.63) is 34.1 Å². The van der Waals surface area contributed by atoms with Crippen molar-refractivity contribution in [2.75, 3.05) is 6.54 Å². The van der Waals surface area contributed by atoms with Gasteiger partial charge in [0.2, 0.25) is 5.91 Å². The van der Waals surface area contributed by atoms with Gasteiger partial charge in [-0.15, -0.1) is 0 Å². The van der Waals surface area contributed by atoms with Crippen LogP contribution in [0.15, 0.2) is 22.7 Å². The molecular weight excluding hydrogens is 317 g/mol. The average Bonchev–Trinajstić information content (AvgIpc) is 2.30. The number of aliphatic carboxylic acids is 1. The van der Waals surface area contributed by atoms with Gasteiger partial charge >= 0.3 is 5.97 Å². The zero-order valence-electron chi connectivity index (χ0n) is 10.7. The molecule has 19 heavy (non-hydrogen) atoms. The van der Waals surface area contributed by atoms with Crippen LogP contribution in [0.1, 0.15) is 31.9 Å². The van der Waals surface area contributed by atoms with E-state index in [4.69, 9.17) is 0 Å². The first kappa shape index (κ1) is 15.6. The third-order valence-corrected chi connectivity index (χ3v) is 3.16. The molecule has 0 aliphatic rings. The summed E-state index contributed by atoms with van der Waals surface area (Å²) >= 11 is 3.11. The van der Waals surface area contributed by atoms with E-state index in [0.717, 1.165) is 4.90 Å². The second-order valence-electron chi connectivity index (χ2n) is 4.12. The van der Waals surface area contributed by atoms with E-state index in [-0.39, 0.29) is 12.1 Å². The van der Waals surface area contributed by atoms with Gasteiger partial charge in [-0.25, -0.2) is 9.18 Å². The predicted octanol–water partition coefficient (Wildman–Crippen LogP) is 2.97. The van der Waals surface area contributed by atoms with Gasteiger partial charge in [0.15, 0.2) is 6.04 Å². The monoisotopic (exact) mass is 331 g/mol. The standard InChI is InChI=1S/C13H15BrFNO3/c1-3-6-16(8(2)17)12(13(18)19)10-5-4-9(14)7-11(10)15/h4-5,7,12H,3,6H2,1-2H3,(H,18,19). The molecule has 0 aliphatic carbocycles. The van der Waals surface area contributed by atoms with Gasteiger partial charge in [0.05, 0.1) is 0 Å². The highest BCUT2D eigenvalue weighted by Gasteiger charge is 2.31. The van der Waals surface area contributed by atoms with Crippen LogP contribution < -0.4 is 0 Å². The highest BCUT2D eigenvalue weighted by Crippen LogP contribution is 2.26. The van der Waals surface area contributed by atoms with E-state index in [1.54, 1.807) is 6.07 Å². The first-order chi connectivity index (χ1) is 8.88. The highest BCUT2D eigenvalue weighted by molar-refractivity contribution is 9.10. The smallest absolute Gasteiger partial charge is 0.331 e. The van der Waals surface area contributed by atoms with Crippen LogP contribution in [0, 0.1) is 5.82 Å². The van der Waals surface area contributed by atoms with Gasteiger partial charge in [-0.1, -0.05) is 28.9 Å². The Balaban J connectivity index is 3.26. The Kier molecular flexibility index (Phi) is 5.47. The Morgan fingerprint density at radius 1 is 1.47 bits per heavy atom. The molecular formula is C13H15BrFNO3. The number of carbonyl (C=O) groups excluding carboxylic acids is 1. The minimum atomic E-state index is -1.30. The van der Waals surface area contributed by atoms with Crippen molar-refractivity contribution in [1.29, 1.82) is 0 Å². The summed E-state index contributed by atoms with van der Waals surface area (Å²) in [6, 6.07) is 2.82. The van der Waals surface area contributed by atoms with Crippen molar-refractivity contribution in [2.24, 2.45) is 0 Å². The lowest BCUT2D eigenvalue weighted by Crippen LogP contribution is -2.38. The highest BCUT2D eigenvalue weighted by atomic mass is 79.9. The van der Waals surface area contributed by atoms with Gasteiger partial charge < -0.3 is 10.0 Å². The summed E-state index contributed by atoms with van der Waals surface area (Å²) in [4.78, 5) is 24.1. The van der Waals surface area contributed by atoms with Crippen LogP contribution in [-0.2, 0) is 9.59 Å². The quantitative estimate of drug-likeness (QED) is 0.902. The van der Waals surface area contributed by atoms with Crippen LogP contribution in [0.5, 0.6) is 0 Å². The largest absolute Gasteiger partial charge is 0.479 e. The Morgan fingerprint density at radius 3 is 2.53 bits per heavy atom. The number of hydrogen-bond acceptors (Lipinski definition) is 2. The fourth-order valence-electron chi connectivity index (χ4n) is 1.87. The van der Waals surface area contributed by atoms with Crippen molar-refractivity contribution < 1.29 is 19.1 Å². The molecule has 1 aromatic rings. The number of rotatable bonds is 5. The van der Waals surface area contributed by atoms with E-state index >= 15 is 0 Å². The van der Waals surface area contributed by atoms with Gasteiger partial charge in [0.25, 0.3) is 0 Å². The molecule has 0 heterocycles. The number of halogens is 2. The fourth-order valence-corrected chi connectivity index (χ4v) is 2.20. The molecule has 1 atom stereocenters. The predicted molar refractivity (Wildman–Crippen MR) is 72.2 cm³/mol. The molecule has 0 saturated carbocycles. The van der Waals surface area contributed by atoms with E-state index in [0.29, 0.717) is 10.9 Å². The minimum Gasteiger partial charge on any atom is -0.479 e. The average molecular weight is 332 g/mol. The second-order valence-corrected chi connectivity index (χ2v) is 5.03. The summed E-state index contributed by atoms with van der Waals surface area (Å²) in [6.07, 6.45) is 0.599. The molecule has 0 saturated heterocycles. The van der Waals surface area contributed by atoms with Gasteiger partial charge in [-0.3, -0.25) is 4.79 Å². The Hall–Kier alpha value is -1.43. The number of carbonyl (C=O) groups is 2. The summed E-state index contributed by atoms with van der Waals surface area (Å²) < 4.78 is 14.4. The van der Waals surface area contributed by atoms with Crippen LogP contribution in [0.4, 0.5) is 4.39 Å². The molecule has 104 valence electrons. The number of amides is 1. The molecule has 1 N–H and O–H groups in total. The van der Waals surface area contributed by atoms with Crippen LogP contribution in [0.3, 0.4) is 0 Å². The molecule has 0 aliphatic heterocycles. The van der Waals surface area contributed by atoms with Crippen molar-refractivity contribution in [3.63, 3.8) is 0 Å². The number of benzene rings is 1. The van der Waals surface area contributed by atoms with Crippen LogP contribution in [0.2, 0.25) is 0 Å². The fraction of sp³-hybridized carbons (Fsp3) is 0.385. The first-order valence-corrected chi connectivity index (χ1v) is 6.62. The molecule has 0 radical (unpaired) electrons. The van der Waals surface area contributed by atoms with Gasteiger partial charge in [-0.05, 0) is 18.6 Å². The van der Waals surface area contributed by atoms with Crippen molar-refractivity contribution >= 4 is 27.8 Å². The van der Waals surface area contributed by atoms with E-state index < -0.39 is 23.7 Å². The topological polar surface area (TPSA) is 57.6 Å². The first-order valence-electron chi connectivity index (χ1n) is 5.83. The van der Waals surface area contributed by atoms with Crippen molar-refractivity contribution in [3.8, 4) is 0 Å².